The molecule has 1 N–H and O–H groups in total. The number of hydrogen-bond donors (Lipinski definition) is 1. The molecule has 1 heteroatoms. The summed E-state index contributed by atoms with van der Waals surface area (Å²) in [5.41, 5.74) is 0. The molecule has 0 heterocycles. The van der Waals surface area contributed by atoms with E-state index in [-0.39, 0.29) is 0 Å². The molecule has 0 saturated heterocycles. The summed E-state index contributed by atoms with van der Waals surface area (Å²) in [5, 5.41) is 2.75. The average molecular weight is 96.2 g/mol. The molecule has 0 fully saturated rings. The molecule has 0 unspecified atom stereocenters. The number of nitrogens with one attached hydrogen (secondary N) is 1. The van der Waals surface area contributed by atoms with Crippen LogP contribution in [0.25, 0.3) is 0 Å². The van der Waals surface area contributed by atoms with Crippen LogP contribution in [0.4, 0.5) is 0 Å². The van der Waals surface area contributed by atoms with Gasteiger partial charge in [0.25, 0.3) is 0 Å². The molecule has 1 nitrogen and oxygen atoms in total. The molecule has 0 aliphatic heterocycles. The normalized spacial score (nSPS) is 7.14. The number of rotatable bonds is 2. The molecule has 0 aliphatic carbocycles. The van der Waals surface area contributed by atoms with Crippen molar-refractivity contribution in [2.45, 2.75) is 13.3 Å². The number of hydrogen-bond acceptors (Lipinski definition) is 1. The lowest BCUT2D eigenvalue weighted by Crippen LogP contribution is -2.02. The third-order valence-corrected chi connectivity index (χ3v) is 0.604. The summed E-state index contributed by atoms with van der Waals surface area (Å²) in [6.45, 7) is 2.73. The lowest BCUT2D eigenvalue weighted by atomic mass is 10.4. The van der Waals surface area contributed by atoms with E-state index in [4.69, 9.17) is 0 Å². The average Bonchev–Trinajstić information content (AvgIpc) is 1.69. The van der Waals surface area contributed by atoms with Gasteiger partial charge in [-0.25, -0.2) is 0 Å². The van der Waals surface area contributed by atoms with Gasteiger partial charge in [0.1, 0.15) is 0 Å². The van der Waals surface area contributed by atoms with Crippen LogP contribution in [-0.4, -0.2) is 6.54 Å². The van der Waals surface area contributed by atoms with Crippen molar-refractivity contribution >= 4 is 0 Å². The lowest BCUT2D eigenvalue weighted by molar-refractivity contribution is 0.862. The van der Waals surface area contributed by atoms with Gasteiger partial charge in [-0.15, -0.1) is 11.8 Å². The molecular weight excluding hydrogens is 86.1 g/mol. The second-order valence-corrected chi connectivity index (χ2v) is 1.18. The minimum Gasteiger partial charge on any atom is -0.315 e. The Bertz CT molecular complexity index is 75.9. The van der Waals surface area contributed by atoms with Crippen LogP contribution in [0.2, 0.25) is 0 Å². The van der Waals surface area contributed by atoms with Crippen molar-refractivity contribution in [1.82, 2.24) is 5.32 Å². The van der Waals surface area contributed by atoms with Crippen LogP contribution < -0.4 is 5.32 Å². The molecule has 1 radical (unpaired) electrons. The van der Waals surface area contributed by atoms with E-state index in [1.165, 1.54) is 0 Å². The van der Waals surface area contributed by atoms with Crippen molar-refractivity contribution in [3.63, 3.8) is 0 Å². The molecule has 0 saturated carbocycles. The molecule has 0 spiro atoms. The van der Waals surface area contributed by atoms with Crippen LogP contribution in [0.5, 0.6) is 0 Å². The van der Waals surface area contributed by atoms with Crippen molar-refractivity contribution < 1.29 is 0 Å². The van der Waals surface area contributed by atoms with Gasteiger partial charge in [0.2, 0.25) is 0 Å². The van der Waals surface area contributed by atoms with Crippen molar-refractivity contribution in [2.75, 3.05) is 6.54 Å². The third-order valence-electron chi connectivity index (χ3n) is 0.604. The van der Waals surface area contributed by atoms with Crippen molar-refractivity contribution in [3.8, 4) is 11.8 Å². The smallest absolute Gasteiger partial charge is 0.0214 e. The Hall–Kier alpha value is -0.480. The predicted octanol–water partition coefficient (Wildman–Crippen LogP) is 0.781. The Morgan fingerprint density at radius 3 is 2.86 bits per heavy atom. The zero-order valence-corrected chi connectivity index (χ0v) is 4.62. The van der Waals surface area contributed by atoms with Gasteiger partial charge in [-0.2, -0.15) is 0 Å². The highest BCUT2D eigenvalue weighted by Crippen LogP contribution is 1.67. The Morgan fingerprint density at radius 1 is 1.71 bits per heavy atom. The summed E-state index contributed by atoms with van der Waals surface area (Å²) >= 11 is 0. The third kappa shape index (κ3) is 5.52. The molecule has 0 amide bonds. The molecule has 0 aromatic carbocycles. The Kier molecular flexibility index (Phi) is 5.14. The lowest BCUT2D eigenvalue weighted by Gasteiger charge is -1.85. The molecular formula is C6H10N. The van der Waals surface area contributed by atoms with E-state index in [1.54, 1.807) is 0 Å². The van der Waals surface area contributed by atoms with Crippen molar-refractivity contribution in [2.24, 2.45) is 0 Å². The quantitative estimate of drug-likeness (QED) is 0.395. The van der Waals surface area contributed by atoms with Gasteiger partial charge in [0.05, 0.1) is 0 Å². The summed E-state index contributed by atoms with van der Waals surface area (Å²) in [6, 6.07) is 0. The van der Waals surface area contributed by atoms with Gasteiger partial charge < -0.3 is 5.32 Å². The van der Waals surface area contributed by atoms with Crippen molar-refractivity contribution in [1.29, 1.82) is 0 Å². The highest BCUT2D eigenvalue weighted by Gasteiger charge is 1.70. The maximum Gasteiger partial charge on any atom is 0.0214 e. The van der Waals surface area contributed by atoms with Crippen LogP contribution in [0.15, 0.2) is 0 Å². The summed E-state index contributed by atoms with van der Waals surface area (Å²) in [4.78, 5) is 0. The van der Waals surface area contributed by atoms with E-state index in [2.05, 4.69) is 24.2 Å². The fraction of sp³-hybridized carbons (Fsp3) is 0.500. The van der Waals surface area contributed by atoms with Gasteiger partial charge in [-0.3, -0.25) is 0 Å². The minimum absolute atomic E-state index is 0.890. The van der Waals surface area contributed by atoms with E-state index >= 15 is 0 Å². The van der Waals surface area contributed by atoms with E-state index < -0.39 is 0 Å². The topological polar surface area (TPSA) is 12.0 Å². The molecule has 0 atom stereocenters. The molecule has 0 aromatic heterocycles. The Morgan fingerprint density at radius 2 is 2.43 bits per heavy atom. The maximum absolute atomic E-state index is 3.44. The molecule has 0 aromatic rings. The largest absolute Gasteiger partial charge is 0.315 e. The fourth-order valence-corrected chi connectivity index (χ4v) is 0.276. The first-order chi connectivity index (χ1) is 3.41. The van der Waals surface area contributed by atoms with Crippen LogP contribution in [-0.2, 0) is 0 Å². The van der Waals surface area contributed by atoms with E-state index in [1.807, 2.05) is 6.92 Å². The monoisotopic (exact) mass is 96.1 g/mol. The predicted molar refractivity (Wildman–Crippen MR) is 31.4 cm³/mol. The molecule has 0 rings (SSSR count). The van der Waals surface area contributed by atoms with E-state index in [0.29, 0.717) is 0 Å². The zero-order valence-electron chi connectivity index (χ0n) is 4.62. The summed E-state index contributed by atoms with van der Waals surface area (Å²) in [6.07, 6.45) is 0.903. The van der Waals surface area contributed by atoms with Gasteiger partial charge >= 0.3 is 0 Å². The van der Waals surface area contributed by atoms with E-state index in [9.17, 15) is 0 Å². The van der Waals surface area contributed by atoms with Gasteiger partial charge in [-0.05, 0) is 6.92 Å². The van der Waals surface area contributed by atoms with Gasteiger partial charge in [0.15, 0.2) is 0 Å². The first kappa shape index (κ1) is 6.52. The van der Waals surface area contributed by atoms with Crippen LogP contribution in [0.1, 0.15) is 13.3 Å². The van der Waals surface area contributed by atoms with E-state index in [0.717, 1.165) is 13.0 Å². The summed E-state index contributed by atoms with van der Waals surface area (Å²) in [7, 11) is 3.44. The minimum atomic E-state index is 0.890. The molecule has 0 bridgehead atoms. The van der Waals surface area contributed by atoms with Crippen LogP contribution in [0.3, 0.4) is 0 Å². The van der Waals surface area contributed by atoms with Crippen molar-refractivity contribution in [3.05, 3.63) is 7.05 Å². The second-order valence-electron chi connectivity index (χ2n) is 1.18. The Labute approximate surface area is 45.1 Å². The van der Waals surface area contributed by atoms with Crippen LogP contribution >= 0.6 is 0 Å². The first-order valence-electron chi connectivity index (χ1n) is 2.31. The maximum atomic E-state index is 3.44. The SMILES string of the molecule is [CH2]NCCC#CC. The first-order valence-corrected chi connectivity index (χ1v) is 2.31. The zero-order chi connectivity index (χ0) is 5.54. The highest BCUT2D eigenvalue weighted by molar-refractivity contribution is 4.94. The van der Waals surface area contributed by atoms with Gasteiger partial charge in [0, 0.05) is 20.0 Å². The van der Waals surface area contributed by atoms with Gasteiger partial charge in [-0.1, -0.05) is 0 Å². The Balaban J connectivity index is 2.78. The summed E-state index contributed by atoms with van der Waals surface area (Å²) in [5.74, 6) is 5.68. The standard InChI is InChI=1S/C6H10N/c1-3-4-5-6-7-2/h7H,2,5-6H2,1H3. The molecule has 39 valence electrons. The fourth-order valence-electron chi connectivity index (χ4n) is 0.276. The van der Waals surface area contributed by atoms with Crippen LogP contribution in [0, 0.1) is 18.9 Å². The highest BCUT2D eigenvalue weighted by atomic mass is 14.8. The molecule has 7 heavy (non-hydrogen) atoms. The summed E-state index contributed by atoms with van der Waals surface area (Å²) < 4.78 is 0. The molecule has 0 aliphatic rings. The second kappa shape index (κ2) is 5.52.